The number of aryl methyl sites for hydroxylation is 1. The minimum Gasteiger partial charge on any atom is -0.481 e. The summed E-state index contributed by atoms with van der Waals surface area (Å²) in [5.41, 5.74) is 2.16. The largest absolute Gasteiger partial charge is 0.481 e. The van der Waals surface area contributed by atoms with Gasteiger partial charge in [-0.05, 0) is 24.6 Å². The second-order valence-electron chi connectivity index (χ2n) is 3.99. The zero-order chi connectivity index (χ0) is 13.8. The van der Waals surface area contributed by atoms with E-state index in [1.54, 1.807) is 6.07 Å². The lowest BCUT2D eigenvalue weighted by atomic mass is 10.2. The normalized spacial score (nSPS) is 10.1. The molecule has 2 aromatic rings. The van der Waals surface area contributed by atoms with Crippen LogP contribution in [0.15, 0.2) is 36.4 Å². The molecule has 0 radical (unpaired) electrons. The highest BCUT2D eigenvalue weighted by molar-refractivity contribution is 6.30. The number of hydrogen-bond donors (Lipinski definition) is 1. The van der Waals surface area contributed by atoms with E-state index in [0.717, 1.165) is 11.3 Å². The number of benzene rings is 1. The van der Waals surface area contributed by atoms with Crippen molar-refractivity contribution < 1.29 is 9.53 Å². The number of anilines is 1. The van der Waals surface area contributed by atoms with E-state index >= 15 is 0 Å². The van der Waals surface area contributed by atoms with Crippen molar-refractivity contribution >= 4 is 23.2 Å². The molecule has 0 fully saturated rings. The SMILES string of the molecule is COc1cc(C(=O)Nc2ccccc2C)cc(Cl)n1. The maximum absolute atomic E-state index is 12.1. The third-order valence-corrected chi connectivity index (χ3v) is 2.83. The number of nitrogens with one attached hydrogen (secondary N) is 1. The number of nitrogens with zero attached hydrogens (tertiary/aromatic N) is 1. The lowest BCUT2D eigenvalue weighted by Gasteiger charge is -2.09. The van der Waals surface area contributed by atoms with Gasteiger partial charge in [-0.15, -0.1) is 0 Å². The molecule has 2 rings (SSSR count). The Hall–Kier alpha value is -2.07. The minimum absolute atomic E-state index is 0.217. The van der Waals surface area contributed by atoms with Gasteiger partial charge in [0.1, 0.15) is 5.15 Å². The molecule has 1 amide bonds. The highest BCUT2D eigenvalue weighted by Crippen LogP contribution is 2.19. The number of para-hydroxylation sites is 1. The van der Waals surface area contributed by atoms with Crippen molar-refractivity contribution in [2.75, 3.05) is 12.4 Å². The maximum atomic E-state index is 12.1. The van der Waals surface area contributed by atoms with Gasteiger partial charge in [-0.2, -0.15) is 0 Å². The van der Waals surface area contributed by atoms with Crippen LogP contribution in [-0.4, -0.2) is 18.0 Å². The molecule has 1 aromatic heterocycles. The van der Waals surface area contributed by atoms with E-state index in [2.05, 4.69) is 10.3 Å². The third-order valence-electron chi connectivity index (χ3n) is 2.64. The fraction of sp³-hybridized carbons (Fsp3) is 0.143. The molecule has 0 aliphatic heterocycles. The lowest BCUT2D eigenvalue weighted by Crippen LogP contribution is -2.13. The van der Waals surface area contributed by atoms with Gasteiger partial charge in [0.2, 0.25) is 5.88 Å². The van der Waals surface area contributed by atoms with Crippen LogP contribution in [0, 0.1) is 6.92 Å². The highest BCUT2D eigenvalue weighted by Gasteiger charge is 2.10. The molecule has 0 atom stereocenters. The number of carbonyl (C=O) groups is 1. The first kappa shape index (κ1) is 13.4. The third kappa shape index (κ3) is 3.23. The van der Waals surface area contributed by atoms with Crippen molar-refractivity contribution in [3.05, 3.63) is 52.7 Å². The number of pyridine rings is 1. The van der Waals surface area contributed by atoms with Crippen LogP contribution >= 0.6 is 11.6 Å². The Bertz CT molecular complexity index is 614. The molecule has 0 unspecified atom stereocenters. The predicted octanol–water partition coefficient (Wildman–Crippen LogP) is 3.30. The number of halogens is 1. The number of aromatic nitrogens is 1. The molecule has 0 aliphatic rings. The number of hydrogen-bond acceptors (Lipinski definition) is 3. The summed E-state index contributed by atoms with van der Waals surface area (Å²) in [6.45, 7) is 1.93. The molecule has 0 saturated carbocycles. The first-order chi connectivity index (χ1) is 9.10. The average molecular weight is 277 g/mol. The molecule has 19 heavy (non-hydrogen) atoms. The van der Waals surface area contributed by atoms with E-state index in [-0.39, 0.29) is 11.1 Å². The predicted molar refractivity (Wildman–Crippen MR) is 74.9 cm³/mol. The summed E-state index contributed by atoms with van der Waals surface area (Å²) in [6, 6.07) is 10.6. The van der Waals surface area contributed by atoms with Crippen LogP contribution in [0.3, 0.4) is 0 Å². The van der Waals surface area contributed by atoms with Gasteiger partial charge in [-0.1, -0.05) is 29.8 Å². The van der Waals surface area contributed by atoms with Gasteiger partial charge in [-0.3, -0.25) is 4.79 Å². The Kier molecular flexibility index (Phi) is 4.02. The number of methoxy groups -OCH3 is 1. The second kappa shape index (κ2) is 5.71. The summed E-state index contributed by atoms with van der Waals surface area (Å²) in [5.74, 6) is 0.0549. The molecule has 0 spiro atoms. The highest BCUT2D eigenvalue weighted by atomic mass is 35.5. The van der Waals surface area contributed by atoms with Crippen molar-refractivity contribution in [2.24, 2.45) is 0 Å². The van der Waals surface area contributed by atoms with E-state index < -0.39 is 0 Å². The van der Waals surface area contributed by atoms with E-state index in [0.29, 0.717) is 11.4 Å². The smallest absolute Gasteiger partial charge is 0.255 e. The van der Waals surface area contributed by atoms with Gasteiger partial charge in [0.05, 0.1) is 7.11 Å². The first-order valence-corrected chi connectivity index (χ1v) is 6.06. The summed E-state index contributed by atoms with van der Waals surface area (Å²) < 4.78 is 4.98. The zero-order valence-corrected chi connectivity index (χ0v) is 11.4. The summed E-state index contributed by atoms with van der Waals surface area (Å²) in [6.07, 6.45) is 0. The van der Waals surface area contributed by atoms with Gasteiger partial charge >= 0.3 is 0 Å². The van der Waals surface area contributed by atoms with E-state index in [9.17, 15) is 4.79 Å². The van der Waals surface area contributed by atoms with Crippen molar-refractivity contribution in [2.45, 2.75) is 6.92 Å². The molecule has 0 bridgehead atoms. The Labute approximate surface area is 116 Å². The van der Waals surface area contributed by atoms with Crippen LogP contribution in [0.5, 0.6) is 5.88 Å². The standard InChI is InChI=1S/C14H13ClN2O2/c1-9-5-3-4-6-11(9)16-14(18)10-7-12(15)17-13(8-10)19-2/h3-8H,1-2H3,(H,16,18). The summed E-state index contributed by atoms with van der Waals surface area (Å²) in [4.78, 5) is 16.1. The van der Waals surface area contributed by atoms with E-state index in [1.807, 2.05) is 31.2 Å². The van der Waals surface area contributed by atoms with Crippen LogP contribution in [0.2, 0.25) is 5.15 Å². The van der Waals surface area contributed by atoms with Crippen LogP contribution in [-0.2, 0) is 0 Å². The lowest BCUT2D eigenvalue weighted by molar-refractivity contribution is 0.102. The van der Waals surface area contributed by atoms with Crippen molar-refractivity contribution in [1.82, 2.24) is 4.98 Å². The first-order valence-electron chi connectivity index (χ1n) is 5.68. The van der Waals surface area contributed by atoms with Gasteiger partial charge in [-0.25, -0.2) is 4.98 Å². The summed E-state index contributed by atoms with van der Waals surface area (Å²) in [5, 5.41) is 3.04. The summed E-state index contributed by atoms with van der Waals surface area (Å²) >= 11 is 5.84. The minimum atomic E-state index is -0.253. The van der Waals surface area contributed by atoms with Gasteiger partial charge in [0.25, 0.3) is 5.91 Å². The Balaban J connectivity index is 2.25. The van der Waals surface area contributed by atoms with Crippen LogP contribution in [0.4, 0.5) is 5.69 Å². The van der Waals surface area contributed by atoms with Gasteiger partial charge < -0.3 is 10.1 Å². The fourth-order valence-electron chi connectivity index (χ4n) is 1.62. The van der Waals surface area contributed by atoms with E-state index in [1.165, 1.54) is 13.2 Å². The van der Waals surface area contributed by atoms with Crippen molar-refractivity contribution in [1.29, 1.82) is 0 Å². The topological polar surface area (TPSA) is 51.2 Å². The molecule has 1 heterocycles. The Morgan fingerprint density at radius 2 is 2.05 bits per heavy atom. The quantitative estimate of drug-likeness (QED) is 0.875. The molecule has 1 N–H and O–H groups in total. The molecule has 1 aromatic carbocycles. The van der Waals surface area contributed by atoms with Crippen molar-refractivity contribution in [3.8, 4) is 5.88 Å². The Morgan fingerprint density at radius 1 is 1.32 bits per heavy atom. The molecular weight excluding hydrogens is 264 g/mol. The molecular formula is C14H13ClN2O2. The van der Waals surface area contributed by atoms with Crippen LogP contribution in [0.25, 0.3) is 0 Å². The van der Waals surface area contributed by atoms with Gasteiger partial charge in [0.15, 0.2) is 0 Å². The van der Waals surface area contributed by atoms with Crippen LogP contribution < -0.4 is 10.1 Å². The van der Waals surface area contributed by atoms with Crippen molar-refractivity contribution in [3.63, 3.8) is 0 Å². The van der Waals surface area contributed by atoms with Gasteiger partial charge in [0, 0.05) is 17.3 Å². The van der Waals surface area contributed by atoms with E-state index in [4.69, 9.17) is 16.3 Å². The zero-order valence-electron chi connectivity index (χ0n) is 10.6. The Morgan fingerprint density at radius 3 is 2.74 bits per heavy atom. The van der Waals surface area contributed by atoms with Crippen LogP contribution in [0.1, 0.15) is 15.9 Å². The maximum Gasteiger partial charge on any atom is 0.255 e. The molecule has 0 aliphatic carbocycles. The molecule has 0 saturated heterocycles. The molecule has 5 heteroatoms. The second-order valence-corrected chi connectivity index (χ2v) is 4.38. The molecule has 98 valence electrons. The number of rotatable bonds is 3. The number of carbonyl (C=O) groups excluding carboxylic acids is 1. The number of ether oxygens (including phenoxy) is 1. The summed E-state index contributed by atoms with van der Waals surface area (Å²) in [7, 11) is 1.47. The fourth-order valence-corrected chi connectivity index (χ4v) is 1.82. The number of amides is 1. The average Bonchev–Trinajstić information content (AvgIpc) is 2.40. The monoisotopic (exact) mass is 276 g/mol. The molecule has 4 nitrogen and oxygen atoms in total.